The zero-order valence-electron chi connectivity index (χ0n) is 15.6. The van der Waals surface area contributed by atoms with Crippen molar-refractivity contribution in [3.05, 3.63) is 63.9 Å². The number of rotatable bonds is 6. The van der Waals surface area contributed by atoms with Crippen molar-refractivity contribution >= 4 is 45.9 Å². The molecular weight excluding hydrogens is 410 g/mol. The van der Waals surface area contributed by atoms with Crippen LogP contribution in [0, 0.1) is 0 Å². The van der Waals surface area contributed by atoms with E-state index in [4.69, 9.17) is 16.3 Å². The number of thioether (sulfide) groups is 1. The molecule has 1 aliphatic heterocycles. The van der Waals surface area contributed by atoms with Crippen molar-refractivity contribution in [3.8, 4) is 0 Å². The summed E-state index contributed by atoms with van der Waals surface area (Å²) in [4.78, 5) is 30.1. The van der Waals surface area contributed by atoms with E-state index in [-0.39, 0.29) is 23.3 Å². The minimum absolute atomic E-state index is 0.00435. The van der Waals surface area contributed by atoms with Crippen LogP contribution in [0.2, 0.25) is 5.02 Å². The van der Waals surface area contributed by atoms with E-state index in [1.807, 2.05) is 18.2 Å². The van der Waals surface area contributed by atoms with Crippen LogP contribution in [0.3, 0.4) is 0 Å². The molecule has 1 unspecified atom stereocenters. The van der Waals surface area contributed by atoms with E-state index in [0.717, 1.165) is 12.8 Å². The quantitative estimate of drug-likeness (QED) is 0.474. The second-order valence-corrected chi connectivity index (χ2v) is 8.19. The first-order valence-electron chi connectivity index (χ1n) is 9.39. The molecule has 0 radical (unpaired) electrons. The van der Waals surface area contributed by atoms with Gasteiger partial charge in [0.05, 0.1) is 29.3 Å². The van der Waals surface area contributed by atoms with Crippen LogP contribution in [0.5, 0.6) is 0 Å². The van der Waals surface area contributed by atoms with E-state index in [0.29, 0.717) is 39.9 Å². The van der Waals surface area contributed by atoms with Crippen LogP contribution < -0.4 is 10.9 Å². The average Bonchev–Trinajstić information content (AvgIpc) is 3.22. The van der Waals surface area contributed by atoms with Crippen LogP contribution in [0.15, 0.2) is 58.5 Å². The smallest absolute Gasteiger partial charge is 0.262 e. The number of nitrogens with one attached hydrogen (secondary N) is 1. The van der Waals surface area contributed by atoms with Gasteiger partial charge in [-0.15, -0.1) is 0 Å². The summed E-state index contributed by atoms with van der Waals surface area (Å²) >= 11 is 7.20. The summed E-state index contributed by atoms with van der Waals surface area (Å²) in [6.07, 6.45) is 1.90. The summed E-state index contributed by atoms with van der Waals surface area (Å²) in [5.41, 5.74) is 1.15. The molecule has 0 bridgehead atoms. The van der Waals surface area contributed by atoms with Crippen molar-refractivity contribution in [2.24, 2.45) is 0 Å². The van der Waals surface area contributed by atoms with Crippen LogP contribution in [0.4, 0.5) is 5.69 Å². The maximum atomic E-state index is 13.0. The Bertz CT molecular complexity index is 1100. The number of hydrogen-bond donors (Lipinski definition) is 1. The lowest BCUT2D eigenvalue weighted by Gasteiger charge is -2.16. The molecule has 6 nitrogen and oxygen atoms in total. The number of carbonyl (C=O) groups is 1. The van der Waals surface area contributed by atoms with Crippen molar-refractivity contribution in [2.75, 3.05) is 17.7 Å². The second kappa shape index (κ2) is 8.98. The maximum Gasteiger partial charge on any atom is 0.262 e. The van der Waals surface area contributed by atoms with Crippen LogP contribution >= 0.6 is 23.4 Å². The van der Waals surface area contributed by atoms with Gasteiger partial charge in [0, 0.05) is 17.3 Å². The van der Waals surface area contributed by atoms with Gasteiger partial charge in [-0.2, -0.15) is 0 Å². The molecule has 1 amide bonds. The third kappa shape index (κ3) is 4.80. The Hall–Kier alpha value is -2.35. The predicted octanol–water partition coefficient (Wildman–Crippen LogP) is 3.96. The first-order valence-corrected chi connectivity index (χ1v) is 10.8. The molecular formula is C21H20ClN3O3S. The highest BCUT2D eigenvalue weighted by Gasteiger charge is 2.20. The number of halogens is 1. The van der Waals surface area contributed by atoms with Crippen LogP contribution in [-0.2, 0) is 16.1 Å². The van der Waals surface area contributed by atoms with Gasteiger partial charge < -0.3 is 10.1 Å². The molecule has 150 valence electrons. The normalized spacial score (nSPS) is 16.2. The fraction of sp³-hybridized carbons (Fsp3) is 0.286. The molecule has 1 atom stereocenters. The van der Waals surface area contributed by atoms with Crippen LogP contribution in [0.1, 0.15) is 12.8 Å². The fourth-order valence-corrected chi connectivity index (χ4v) is 4.30. The van der Waals surface area contributed by atoms with Crippen molar-refractivity contribution in [1.82, 2.24) is 9.55 Å². The van der Waals surface area contributed by atoms with Gasteiger partial charge in [-0.3, -0.25) is 14.2 Å². The Morgan fingerprint density at radius 1 is 1.28 bits per heavy atom. The molecule has 1 saturated heterocycles. The lowest BCUT2D eigenvalue weighted by atomic mass is 10.2. The number of hydrogen-bond acceptors (Lipinski definition) is 5. The Morgan fingerprint density at radius 2 is 2.14 bits per heavy atom. The van der Waals surface area contributed by atoms with Gasteiger partial charge >= 0.3 is 0 Å². The minimum Gasteiger partial charge on any atom is -0.376 e. The minimum atomic E-state index is -0.191. The Balaban J connectivity index is 1.56. The Kier molecular flexibility index (Phi) is 6.18. The predicted molar refractivity (Wildman–Crippen MR) is 116 cm³/mol. The molecule has 1 aliphatic rings. The summed E-state index contributed by atoms with van der Waals surface area (Å²) in [5, 5.41) is 4.45. The first-order chi connectivity index (χ1) is 14.1. The lowest BCUT2D eigenvalue weighted by Crippen LogP contribution is -2.29. The highest BCUT2D eigenvalue weighted by Crippen LogP contribution is 2.22. The van der Waals surface area contributed by atoms with E-state index in [9.17, 15) is 9.59 Å². The molecule has 0 aliphatic carbocycles. The molecule has 29 heavy (non-hydrogen) atoms. The van der Waals surface area contributed by atoms with Crippen molar-refractivity contribution < 1.29 is 9.53 Å². The zero-order valence-corrected chi connectivity index (χ0v) is 17.2. The van der Waals surface area contributed by atoms with Crippen molar-refractivity contribution in [2.45, 2.75) is 30.6 Å². The topological polar surface area (TPSA) is 73.2 Å². The summed E-state index contributed by atoms with van der Waals surface area (Å²) < 4.78 is 7.34. The zero-order chi connectivity index (χ0) is 20.2. The molecule has 2 heterocycles. The molecule has 3 aromatic rings. The summed E-state index contributed by atoms with van der Waals surface area (Å²) in [6, 6.07) is 14.2. The van der Waals surface area contributed by atoms with E-state index < -0.39 is 0 Å². The lowest BCUT2D eigenvalue weighted by molar-refractivity contribution is -0.113. The van der Waals surface area contributed by atoms with E-state index in [1.165, 1.54) is 11.8 Å². The molecule has 0 spiro atoms. The molecule has 1 fully saturated rings. The number of fused-ring (bicyclic) bond motifs is 1. The number of ether oxygens (including phenoxy) is 1. The summed E-state index contributed by atoms with van der Waals surface area (Å²) in [5.74, 6) is -0.0636. The SMILES string of the molecule is O=C(CSc1nc2ccccc2c(=O)n1CC1CCCO1)Nc1cccc(Cl)c1. The van der Waals surface area contributed by atoms with Gasteiger partial charge in [0.1, 0.15) is 0 Å². The molecule has 2 aromatic carbocycles. The molecule has 1 aromatic heterocycles. The van der Waals surface area contributed by atoms with Gasteiger partial charge in [-0.05, 0) is 43.2 Å². The van der Waals surface area contributed by atoms with Gasteiger partial charge in [-0.25, -0.2) is 4.98 Å². The van der Waals surface area contributed by atoms with Gasteiger partial charge in [0.15, 0.2) is 5.16 Å². The summed E-state index contributed by atoms with van der Waals surface area (Å²) in [7, 11) is 0. The van der Waals surface area contributed by atoms with Gasteiger partial charge in [-0.1, -0.05) is 41.6 Å². The second-order valence-electron chi connectivity index (χ2n) is 6.81. The fourth-order valence-electron chi connectivity index (χ4n) is 3.30. The first kappa shape index (κ1) is 19.9. The van der Waals surface area contributed by atoms with E-state index in [1.54, 1.807) is 34.9 Å². The Labute approximate surface area is 177 Å². The number of amides is 1. The molecule has 1 N–H and O–H groups in total. The van der Waals surface area contributed by atoms with E-state index >= 15 is 0 Å². The number of anilines is 1. The van der Waals surface area contributed by atoms with Gasteiger partial charge in [0.25, 0.3) is 5.56 Å². The van der Waals surface area contributed by atoms with Crippen molar-refractivity contribution in [1.29, 1.82) is 0 Å². The molecule has 8 heteroatoms. The Morgan fingerprint density at radius 3 is 2.93 bits per heavy atom. The number of para-hydroxylation sites is 1. The highest BCUT2D eigenvalue weighted by atomic mass is 35.5. The third-order valence-electron chi connectivity index (χ3n) is 4.68. The number of benzene rings is 2. The monoisotopic (exact) mass is 429 g/mol. The highest BCUT2D eigenvalue weighted by molar-refractivity contribution is 7.99. The van der Waals surface area contributed by atoms with E-state index in [2.05, 4.69) is 10.3 Å². The number of aromatic nitrogens is 2. The number of carbonyl (C=O) groups excluding carboxylic acids is 1. The molecule has 0 saturated carbocycles. The van der Waals surface area contributed by atoms with Gasteiger partial charge in [0.2, 0.25) is 5.91 Å². The molecule has 4 rings (SSSR count). The van der Waals surface area contributed by atoms with Crippen LogP contribution in [-0.4, -0.2) is 33.9 Å². The van der Waals surface area contributed by atoms with Crippen LogP contribution in [0.25, 0.3) is 10.9 Å². The maximum absolute atomic E-state index is 13.0. The summed E-state index contributed by atoms with van der Waals surface area (Å²) in [6.45, 7) is 1.15. The largest absolute Gasteiger partial charge is 0.376 e. The third-order valence-corrected chi connectivity index (χ3v) is 5.89. The van der Waals surface area contributed by atoms with Crippen molar-refractivity contribution in [3.63, 3.8) is 0 Å². The average molecular weight is 430 g/mol. The number of nitrogens with zero attached hydrogens (tertiary/aromatic N) is 2. The standard InChI is InChI=1S/C21H20ClN3O3S/c22-14-5-3-6-15(11-14)23-19(26)13-29-21-24-18-9-2-1-8-17(18)20(27)25(21)12-16-7-4-10-28-16/h1-3,5-6,8-9,11,16H,4,7,10,12-13H2,(H,23,26).